The zero-order valence-corrected chi connectivity index (χ0v) is 21.3. The van der Waals surface area contributed by atoms with Crippen LogP contribution in [0.2, 0.25) is 0 Å². The summed E-state index contributed by atoms with van der Waals surface area (Å²) in [6.07, 6.45) is 0. The van der Waals surface area contributed by atoms with E-state index < -0.39 is 5.41 Å². The summed E-state index contributed by atoms with van der Waals surface area (Å²) in [4.78, 5) is 0. The van der Waals surface area contributed by atoms with Crippen LogP contribution in [0.25, 0.3) is 22.3 Å². The van der Waals surface area contributed by atoms with Gasteiger partial charge in [0.1, 0.15) is 0 Å². The highest BCUT2D eigenvalue weighted by molar-refractivity contribution is 9.10. The maximum atomic E-state index is 3.78. The fourth-order valence-corrected chi connectivity index (χ4v) is 6.62. The topological polar surface area (TPSA) is 12.0 Å². The second kappa shape index (κ2) is 7.44. The van der Waals surface area contributed by atoms with Crippen LogP contribution in [0.5, 0.6) is 0 Å². The fourth-order valence-electron chi connectivity index (χ4n) is 6.39. The van der Waals surface area contributed by atoms with Gasteiger partial charge in [0, 0.05) is 15.8 Å². The van der Waals surface area contributed by atoms with Crippen LogP contribution in [0.3, 0.4) is 0 Å². The second-order valence-corrected chi connectivity index (χ2v) is 10.5. The molecular formula is C33H24BrN. The van der Waals surface area contributed by atoms with Gasteiger partial charge in [-0.05, 0) is 81.6 Å². The van der Waals surface area contributed by atoms with Crippen molar-refractivity contribution in [3.63, 3.8) is 0 Å². The molecule has 5 aromatic rings. The Bertz CT molecular complexity index is 1590. The minimum Gasteiger partial charge on any atom is -0.355 e. The van der Waals surface area contributed by atoms with Crippen LogP contribution in [0.4, 0.5) is 11.4 Å². The monoisotopic (exact) mass is 513 g/mol. The van der Waals surface area contributed by atoms with E-state index in [-0.39, 0.29) is 0 Å². The number of benzene rings is 5. The molecule has 1 heterocycles. The van der Waals surface area contributed by atoms with Crippen molar-refractivity contribution in [3.8, 4) is 22.3 Å². The first-order valence-electron chi connectivity index (χ1n) is 12.1. The van der Waals surface area contributed by atoms with Gasteiger partial charge in [-0.15, -0.1) is 0 Å². The molecule has 0 unspecified atom stereocenters. The predicted octanol–water partition coefficient (Wildman–Crippen LogP) is 9.15. The summed E-state index contributed by atoms with van der Waals surface area (Å²) < 4.78 is 1.18. The van der Waals surface area contributed by atoms with Gasteiger partial charge in [0.05, 0.1) is 5.41 Å². The molecule has 5 aromatic carbocycles. The molecular weight excluding hydrogens is 490 g/mol. The Kier molecular flexibility index (Phi) is 4.40. The van der Waals surface area contributed by atoms with Crippen molar-refractivity contribution in [3.05, 3.63) is 141 Å². The van der Waals surface area contributed by atoms with E-state index in [2.05, 4.69) is 138 Å². The van der Waals surface area contributed by atoms with E-state index in [9.17, 15) is 0 Å². The lowest BCUT2D eigenvalue weighted by atomic mass is 9.64. The van der Waals surface area contributed by atoms with Crippen molar-refractivity contribution in [2.75, 3.05) is 5.32 Å². The standard InChI is InChI=1S/C33H24BrN/c1-20-18-22(19-21(2)32(20)34)23-11-9-12-25-24-10-3-4-13-26(24)33(31(23)25)27-14-5-7-16-29(27)35-30-17-8-6-15-28(30)33/h3-19,35H,1-2H3. The molecule has 0 aromatic heterocycles. The lowest BCUT2D eigenvalue weighted by Gasteiger charge is -2.41. The van der Waals surface area contributed by atoms with E-state index in [4.69, 9.17) is 0 Å². The van der Waals surface area contributed by atoms with Crippen LogP contribution in [-0.4, -0.2) is 0 Å². The molecule has 0 saturated heterocycles. The molecule has 0 bridgehead atoms. The molecule has 35 heavy (non-hydrogen) atoms. The summed E-state index contributed by atoms with van der Waals surface area (Å²) >= 11 is 3.78. The Morgan fingerprint density at radius 1 is 0.571 bits per heavy atom. The average Bonchev–Trinajstić information content (AvgIpc) is 3.18. The van der Waals surface area contributed by atoms with Crippen molar-refractivity contribution < 1.29 is 0 Å². The van der Waals surface area contributed by atoms with Gasteiger partial charge >= 0.3 is 0 Å². The Morgan fingerprint density at radius 2 is 1.09 bits per heavy atom. The molecule has 0 saturated carbocycles. The molecule has 1 aliphatic heterocycles. The highest BCUT2D eigenvalue weighted by atomic mass is 79.9. The first-order chi connectivity index (χ1) is 17.1. The SMILES string of the molecule is Cc1cc(-c2cccc3c2C2(c4ccccc4Nc4ccccc42)c2ccccc2-3)cc(C)c1Br. The smallest absolute Gasteiger partial charge is 0.0759 e. The summed E-state index contributed by atoms with van der Waals surface area (Å²) in [5, 5.41) is 3.73. The molecule has 0 fully saturated rings. The van der Waals surface area contributed by atoms with Crippen LogP contribution in [0.15, 0.2) is 108 Å². The third kappa shape index (κ3) is 2.69. The lowest BCUT2D eigenvalue weighted by Crippen LogP contribution is -2.33. The Balaban J connectivity index is 1.69. The Hall–Kier alpha value is -3.62. The lowest BCUT2D eigenvalue weighted by molar-refractivity contribution is 0.765. The number of hydrogen-bond acceptors (Lipinski definition) is 1. The summed E-state index contributed by atoms with van der Waals surface area (Å²) in [6.45, 7) is 4.37. The van der Waals surface area contributed by atoms with Crippen LogP contribution in [-0.2, 0) is 5.41 Å². The quantitative estimate of drug-likeness (QED) is 0.230. The fraction of sp³-hybridized carbons (Fsp3) is 0.0909. The molecule has 1 spiro atoms. The molecule has 168 valence electrons. The van der Waals surface area contributed by atoms with E-state index in [0.717, 1.165) is 0 Å². The number of para-hydroxylation sites is 2. The zero-order valence-electron chi connectivity index (χ0n) is 19.7. The number of halogens is 1. The van der Waals surface area contributed by atoms with Gasteiger partial charge in [0.25, 0.3) is 0 Å². The van der Waals surface area contributed by atoms with Gasteiger partial charge in [-0.25, -0.2) is 0 Å². The van der Waals surface area contributed by atoms with Crippen LogP contribution in [0.1, 0.15) is 33.4 Å². The first-order valence-corrected chi connectivity index (χ1v) is 12.9. The number of fused-ring (bicyclic) bond motifs is 9. The normalized spacial score (nSPS) is 14.0. The minimum absolute atomic E-state index is 0.393. The van der Waals surface area contributed by atoms with Crippen LogP contribution in [0, 0.1) is 13.8 Å². The molecule has 2 aliphatic rings. The number of rotatable bonds is 1. The van der Waals surface area contributed by atoms with E-state index >= 15 is 0 Å². The van der Waals surface area contributed by atoms with E-state index in [0.29, 0.717) is 0 Å². The van der Waals surface area contributed by atoms with Gasteiger partial charge in [-0.1, -0.05) is 107 Å². The van der Waals surface area contributed by atoms with Crippen molar-refractivity contribution in [2.24, 2.45) is 0 Å². The van der Waals surface area contributed by atoms with Gasteiger partial charge in [-0.2, -0.15) is 0 Å². The number of anilines is 2. The van der Waals surface area contributed by atoms with Crippen LogP contribution < -0.4 is 5.32 Å². The number of hydrogen-bond donors (Lipinski definition) is 1. The largest absolute Gasteiger partial charge is 0.355 e. The first kappa shape index (κ1) is 20.7. The third-order valence-corrected chi connectivity index (χ3v) is 8.99. The summed E-state index contributed by atoms with van der Waals surface area (Å²) in [5.41, 5.74) is 15.0. The Labute approximate surface area is 214 Å². The molecule has 0 radical (unpaired) electrons. The van der Waals surface area contributed by atoms with E-state index in [1.165, 1.54) is 71.5 Å². The van der Waals surface area contributed by atoms with E-state index in [1.807, 2.05) is 0 Å². The van der Waals surface area contributed by atoms with Gasteiger partial charge < -0.3 is 5.32 Å². The molecule has 0 amide bonds. The van der Waals surface area contributed by atoms with Crippen molar-refractivity contribution in [2.45, 2.75) is 19.3 Å². The van der Waals surface area contributed by atoms with Crippen molar-refractivity contribution in [1.82, 2.24) is 0 Å². The summed E-state index contributed by atoms with van der Waals surface area (Å²) in [6, 6.07) is 38.1. The second-order valence-electron chi connectivity index (χ2n) is 9.66. The third-order valence-electron chi connectivity index (χ3n) is 7.74. The van der Waals surface area contributed by atoms with Crippen molar-refractivity contribution >= 4 is 27.3 Å². The molecule has 7 rings (SSSR count). The molecule has 1 aliphatic carbocycles. The Morgan fingerprint density at radius 3 is 1.74 bits per heavy atom. The molecule has 2 heteroatoms. The molecule has 0 atom stereocenters. The highest BCUT2D eigenvalue weighted by Gasteiger charge is 2.51. The predicted molar refractivity (Wildman–Crippen MR) is 150 cm³/mol. The zero-order chi connectivity index (χ0) is 23.7. The number of aryl methyl sites for hydroxylation is 2. The maximum absolute atomic E-state index is 3.78. The highest BCUT2D eigenvalue weighted by Crippen LogP contribution is 2.62. The maximum Gasteiger partial charge on any atom is 0.0759 e. The van der Waals surface area contributed by atoms with Gasteiger partial charge in [0.2, 0.25) is 0 Å². The molecule has 1 N–H and O–H groups in total. The minimum atomic E-state index is -0.393. The van der Waals surface area contributed by atoms with Gasteiger partial charge in [-0.3, -0.25) is 0 Å². The van der Waals surface area contributed by atoms with Crippen LogP contribution >= 0.6 is 15.9 Å². The van der Waals surface area contributed by atoms with E-state index in [1.54, 1.807) is 0 Å². The number of nitrogens with one attached hydrogen (secondary N) is 1. The summed E-state index contributed by atoms with van der Waals surface area (Å²) in [7, 11) is 0. The molecule has 1 nitrogen and oxygen atoms in total. The average molecular weight is 514 g/mol. The van der Waals surface area contributed by atoms with Gasteiger partial charge in [0.15, 0.2) is 0 Å². The van der Waals surface area contributed by atoms with Crippen molar-refractivity contribution in [1.29, 1.82) is 0 Å². The summed E-state index contributed by atoms with van der Waals surface area (Å²) in [5.74, 6) is 0.